The molecular weight excluding hydrogens is 345 g/mol. The molecular formula is C13H16INO3. The quantitative estimate of drug-likeness (QED) is 0.810. The molecule has 5 heteroatoms. The molecule has 0 bridgehead atoms. The maximum atomic E-state index is 12.1. The number of carbonyl (C=O) groups is 2. The van der Waals surface area contributed by atoms with Crippen LogP contribution in [0.15, 0.2) is 18.2 Å². The van der Waals surface area contributed by atoms with Crippen molar-refractivity contribution in [3.8, 4) is 0 Å². The molecule has 1 unspecified atom stereocenters. The number of carbonyl (C=O) groups excluding carboxylic acids is 1. The molecule has 0 aliphatic heterocycles. The molecule has 18 heavy (non-hydrogen) atoms. The van der Waals surface area contributed by atoms with Gasteiger partial charge in [-0.25, -0.2) is 4.79 Å². The average molecular weight is 361 g/mol. The smallest absolute Gasteiger partial charge is 0.326 e. The lowest BCUT2D eigenvalue weighted by Gasteiger charge is -2.18. The number of nitrogens with one attached hydrogen (secondary N) is 1. The Balaban J connectivity index is 2.94. The number of hydrogen-bond acceptors (Lipinski definition) is 2. The normalized spacial score (nSPS) is 12.3. The number of carboxylic acid groups (broad SMARTS) is 1. The van der Waals surface area contributed by atoms with Crippen LogP contribution < -0.4 is 5.32 Å². The zero-order valence-electron chi connectivity index (χ0n) is 10.5. The summed E-state index contributed by atoms with van der Waals surface area (Å²) in [6.07, 6.45) is 0. The van der Waals surface area contributed by atoms with Crippen molar-refractivity contribution < 1.29 is 14.7 Å². The predicted octanol–water partition coefficient (Wildman–Crippen LogP) is 2.44. The maximum Gasteiger partial charge on any atom is 0.326 e. The van der Waals surface area contributed by atoms with Crippen LogP contribution in [0.4, 0.5) is 0 Å². The second-order valence-corrected chi connectivity index (χ2v) is 5.55. The third-order valence-electron chi connectivity index (χ3n) is 2.66. The molecule has 0 aliphatic rings. The summed E-state index contributed by atoms with van der Waals surface area (Å²) in [5, 5.41) is 11.6. The third-order valence-corrected chi connectivity index (χ3v) is 4.09. The molecule has 1 atom stereocenters. The molecule has 1 rings (SSSR count). The zero-order chi connectivity index (χ0) is 13.9. The molecule has 4 nitrogen and oxygen atoms in total. The molecule has 0 saturated heterocycles. The SMILES string of the molecule is Cc1cccc(C(=O)NC(C(=O)O)C(C)C)c1I. The summed E-state index contributed by atoms with van der Waals surface area (Å²) in [5.41, 5.74) is 1.52. The maximum absolute atomic E-state index is 12.1. The summed E-state index contributed by atoms with van der Waals surface area (Å²) < 4.78 is 0.848. The van der Waals surface area contributed by atoms with Crippen molar-refractivity contribution in [3.05, 3.63) is 32.9 Å². The Kier molecular flexibility index (Phi) is 5.13. The molecule has 0 fully saturated rings. The van der Waals surface area contributed by atoms with E-state index in [4.69, 9.17) is 5.11 Å². The summed E-state index contributed by atoms with van der Waals surface area (Å²) in [4.78, 5) is 23.1. The molecule has 1 aromatic carbocycles. The fraction of sp³-hybridized carbons (Fsp3) is 0.385. The van der Waals surface area contributed by atoms with Crippen LogP contribution in [-0.2, 0) is 4.79 Å². The highest BCUT2D eigenvalue weighted by molar-refractivity contribution is 14.1. The van der Waals surface area contributed by atoms with Gasteiger partial charge in [-0.2, -0.15) is 0 Å². The van der Waals surface area contributed by atoms with Crippen molar-refractivity contribution in [2.45, 2.75) is 26.8 Å². The van der Waals surface area contributed by atoms with Gasteiger partial charge in [0.05, 0.1) is 5.56 Å². The number of halogens is 1. The minimum absolute atomic E-state index is 0.158. The van der Waals surface area contributed by atoms with Gasteiger partial charge in [-0.15, -0.1) is 0 Å². The second kappa shape index (κ2) is 6.17. The van der Waals surface area contributed by atoms with Crippen molar-refractivity contribution in [2.24, 2.45) is 5.92 Å². The van der Waals surface area contributed by atoms with Crippen molar-refractivity contribution in [1.29, 1.82) is 0 Å². The Hall–Kier alpha value is -1.11. The van der Waals surface area contributed by atoms with Gasteiger partial charge in [0.1, 0.15) is 6.04 Å². The predicted molar refractivity (Wildman–Crippen MR) is 77.6 cm³/mol. The van der Waals surface area contributed by atoms with Crippen LogP contribution in [-0.4, -0.2) is 23.0 Å². The first-order chi connectivity index (χ1) is 8.34. The van der Waals surface area contributed by atoms with E-state index in [9.17, 15) is 9.59 Å². The molecule has 1 aromatic rings. The molecule has 0 spiro atoms. The summed E-state index contributed by atoms with van der Waals surface area (Å²) in [6.45, 7) is 5.44. The Morgan fingerprint density at radius 2 is 1.94 bits per heavy atom. The topological polar surface area (TPSA) is 66.4 Å². The van der Waals surface area contributed by atoms with E-state index < -0.39 is 12.0 Å². The second-order valence-electron chi connectivity index (χ2n) is 4.47. The standard InChI is InChI=1S/C13H16INO3/c1-7(2)11(13(17)18)15-12(16)9-6-4-5-8(3)10(9)14/h4-7,11H,1-3H3,(H,15,16)(H,17,18). The summed E-state index contributed by atoms with van der Waals surface area (Å²) >= 11 is 2.09. The Labute approximate surface area is 120 Å². The van der Waals surface area contributed by atoms with Gasteiger partial charge < -0.3 is 10.4 Å². The van der Waals surface area contributed by atoms with Crippen LogP contribution in [0.5, 0.6) is 0 Å². The fourth-order valence-corrected chi connectivity index (χ4v) is 2.16. The van der Waals surface area contributed by atoms with Crippen LogP contribution in [0.1, 0.15) is 29.8 Å². The van der Waals surface area contributed by atoms with Crippen LogP contribution in [0, 0.1) is 16.4 Å². The molecule has 1 amide bonds. The molecule has 0 aliphatic carbocycles. The van der Waals surface area contributed by atoms with Crippen molar-refractivity contribution in [3.63, 3.8) is 0 Å². The lowest BCUT2D eigenvalue weighted by molar-refractivity contribution is -0.140. The molecule has 0 radical (unpaired) electrons. The monoisotopic (exact) mass is 361 g/mol. The van der Waals surface area contributed by atoms with Gasteiger partial charge in [-0.05, 0) is 47.1 Å². The Morgan fingerprint density at radius 1 is 1.33 bits per heavy atom. The summed E-state index contributed by atoms with van der Waals surface area (Å²) in [5.74, 6) is -1.51. The molecule has 0 aromatic heterocycles. The van der Waals surface area contributed by atoms with Crippen LogP contribution in [0.3, 0.4) is 0 Å². The Bertz CT molecular complexity index is 471. The van der Waals surface area contributed by atoms with E-state index in [0.29, 0.717) is 5.56 Å². The Morgan fingerprint density at radius 3 is 2.44 bits per heavy atom. The van der Waals surface area contributed by atoms with Crippen LogP contribution >= 0.6 is 22.6 Å². The lowest BCUT2D eigenvalue weighted by atomic mass is 10.0. The molecule has 0 heterocycles. The van der Waals surface area contributed by atoms with Crippen molar-refractivity contribution >= 4 is 34.5 Å². The lowest BCUT2D eigenvalue weighted by Crippen LogP contribution is -2.44. The first kappa shape index (κ1) is 14.9. The van der Waals surface area contributed by atoms with E-state index in [2.05, 4.69) is 27.9 Å². The summed E-state index contributed by atoms with van der Waals surface area (Å²) in [7, 11) is 0. The number of rotatable bonds is 4. The van der Waals surface area contributed by atoms with Crippen molar-refractivity contribution in [1.82, 2.24) is 5.32 Å². The average Bonchev–Trinajstić information content (AvgIpc) is 2.28. The van der Waals surface area contributed by atoms with Gasteiger partial charge in [-0.3, -0.25) is 4.79 Å². The fourth-order valence-electron chi connectivity index (χ4n) is 1.56. The minimum atomic E-state index is -1.01. The van der Waals surface area contributed by atoms with Crippen LogP contribution in [0.25, 0.3) is 0 Å². The van der Waals surface area contributed by atoms with E-state index >= 15 is 0 Å². The number of aryl methyl sites for hydroxylation is 1. The highest BCUT2D eigenvalue weighted by atomic mass is 127. The minimum Gasteiger partial charge on any atom is -0.480 e. The van der Waals surface area contributed by atoms with Gasteiger partial charge in [0.2, 0.25) is 0 Å². The highest BCUT2D eigenvalue weighted by Gasteiger charge is 2.24. The van der Waals surface area contributed by atoms with Gasteiger partial charge in [0, 0.05) is 3.57 Å². The van der Waals surface area contributed by atoms with E-state index in [1.165, 1.54) is 0 Å². The van der Waals surface area contributed by atoms with E-state index in [0.717, 1.165) is 9.13 Å². The number of benzene rings is 1. The van der Waals surface area contributed by atoms with Gasteiger partial charge in [-0.1, -0.05) is 26.0 Å². The number of amides is 1. The molecule has 2 N–H and O–H groups in total. The first-order valence-corrected chi connectivity index (χ1v) is 6.71. The number of aliphatic carboxylic acids is 1. The van der Waals surface area contributed by atoms with E-state index in [1.807, 2.05) is 13.0 Å². The van der Waals surface area contributed by atoms with Gasteiger partial charge in [0.25, 0.3) is 5.91 Å². The number of carboxylic acids is 1. The van der Waals surface area contributed by atoms with Gasteiger partial charge >= 0.3 is 5.97 Å². The van der Waals surface area contributed by atoms with Crippen LogP contribution in [0.2, 0.25) is 0 Å². The van der Waals surface area contributed by atoms with E-state index in [1.54, 1.807) is 26.0 Å². The van der Waals surface area contributed by atoms with Gasteiger partial charge in [0.15, 0.2) is 0 Å². The van der Waals surface area contributed by atoms with E-state index in [-0.39, 0.29) is 11.8 Å². The molecule has 98 valence electrons. The number of hydrogen-bond donors (Lipinski definition) is 2. The third kappa shape index (κ3) is 3.44. The molecule has 0 saturated carbocycles. The van der Waals surface area contributed by atoms with Crippen molar-refractivity contribution in [2.75, 3.05) is 0 Å². The highest BCUT2D eigenvalue weighted by Crippen LogP contribution is 2.17. The summed E-state index contributed by atoms with van der Waals surface area (Å²) in [6, 6.07) is 4.53. The first-order valence-electron chi connectivity index (χ1n) is 5.63. The zero-order valence-corrected chi connectivity index (χ0v) is 12.7. The largest absolute Gasteiger partial charge is 0.480 e.